The molecule has 0 N–H and O–H groups in total. The van der Waals surface area contributed by atoms with Gasteiger partial charge >= 0.3 is 0 Å². The molecule has 0 amide bonds. The van der Waals surface area contributed by atoms with Gasteiger partial charge in [0.1, 0.15) is 0 Å². The van der Waals surface area contributed by atoms with E-state index in [2.05, 4.69) is 9.97 Å². The van der Waals surface area contributed by atoms with Gasteiger partial charge in [0, 0.05) is 0 Å². The Labute approximate surface area is 108 Å². The number of rotatable bonds is 1. The smallest absolute Gasteiger partial charge is 0.245 e. The average Bonchev–Trinajstić information content (AvgIpc) is 2.84. The van der Waals surface area contributed by atoms with Crippen LogP contribution in [0.5, 0.6) is 0 Å². The highest BCUT2D eigenvalue weighted by Gasteiger charge is 2.22. The SMILES string of the molecule is Fc1nc(F)c(F)c(-c2ccc3scnc3c2)c1F. The van der Waals surface area contributed by atoms with Crippen LogP contribution in [0.15, 0.2) is 23.7 Å². The maximum absolute atomic E-state index is 13.6. The van der Waals surface area contributed by atoms with Gasteiger partial charge in [-0.15, -0.1) is 11.3 Å². The third kappa shape index (κ3) is 1.86. The van der Waals surface area contributed by atoms with E-state index in [1.165, 1.54) is 23.5 Å². The highest BCUT2D eigenvalue weighted by atomic mass is 32.1. The van der Waals surface area contributed by atoms with Crippen molar-refractivity contribution in [1.82, 2.24) is 9.97 Å². The maximum Gasteiger partial charge on any atom is 0.252 e. The van der Waals surface area contributed by atoms with Gasteiger partial charge in [-0.05, 0) is 17.7 Å². The molecule has 0 saturated heterocycles. The molecule has 2 heterocycles. The zero-order valence-electron chi connectivity index (χ0n) is 9.12. The lowest BCUT2D eigenvalue weighted by Gasteiger charge is -2.06. The van der Waals surface area contributed by atoms with Gasteiger partial charge in [-0.25, -0.2) is 13.8 Å². The van der Waals surface area contributed by atoms with Crippen molar-refractivity contribution in [2.24, 2.45) is 0 Å². The molecule has 3 rings (SSSR count). The highest BCUT2D eigenvalue weighted by molar-refractivity contribution is 7.16. The molecule has 3 aromatic rings. The summed E-state index contributed by atoms with van der Waals surface area (Å²) >= 11 is 1.35. The second-order valence-electron chi connectivity index (χ2n) is 3.73. The molecule has 0 aliphatic carbocycles. The van der Waals surface area contributed by atoms with Crippen molar-refractivity contribution < 1.29 is 17.6 Å². The van der Waals surface area contributed by atoms with Crippen LogP contribution in [0.4, 0.5) is 17.6 Å². The van der Waals surface area contributed by atoms with E-state index in [4.69, 9.17) is 0 Å². The summed E-state index contributed by atoms with van der Waals surface area (Å²) in [5, 5.41) is 0. The molecule has 0 radical (unpaired) electrons. The Morgan fingerprint density at radius 2 is 1.63 bits per heavy atom. The largest absolute Gasteiger partial charge is 0.252 e. The van der Waals surface area contributed by atoms with E-state index in [1.54, 1.807) is 11.6 Å². The molecule has 0 spiro atoms. The number of benzene rings is 1. The Morgan fingerprint density at radius 1 is 0.947 bits per heavy atom. The van der Waals surface area contributed by atoms with E-state index >= 15 is 0 Å². The summed E-state index contributed by atoms with van der Waals surface area (Å²) < 4.78 is 54.1. The van der Waals surface area contributed by atoms with Crippen molar-refractivity contribution in [3.8, 4) is 11.1 Å². The topological polar surface area (TPSA) is 25.8 Å². The first kappa shape index (κ1) is 12.0. The van der Waals surface area contributed by atoms with Gasteiger partial charge in [-0.3, -0.25) is 0 Å². The summed E-state index contributed by atoms with van der Waals surface area (Å²) in [4.78, 5) is 6.49. The number of thiazole rings is 1. The van der Waals surface area contributed by atoms with Crippen LogP contribution in [-0.2, 0) is 0 Å². The van der Waals surface area contributed by atoms with Crippen LogP contribution in [-0.4, -0.2) is 9.97 Å². The summed E-state index contributed by atoms with van der Waals surface area (Å²) in [6.45, 7) is 0. The predicted molar refractivity (Wildman–Crippen MR) is 62.7 cm³/mol. The quantitative estimate of drug-likeness (QED) is 0.500. The number of hydrogen-bond acceptors (Lipinski definition) is 3. The normalized spacial score (nSPS) is 11.2. The first-order valence-electron chi connectivity index (χ1n) is 5.11. The Morgan fingerprint density at radius 3 is 2.32 bits per heavy atom. The predicted octanol–water partition coefficient (Wildman–Crippen LogP) is 3.91. The highest BCUT2D eigenvalue weighted by Crippen LogP contribution is 2.31. The molecule has 0 saturated carbocycles. The van der Waals surface area contributed by atoms with Crippen LogP contribution in [0.1, 0.15) is 0 Å². The Hall–Kier alpha value is -2.02. The second kappa shape index (κ2) is 4.27. The van der Waals surface area contributed by atoms with Gasteiger partial charge in [-0.1, -0.05) is 6.07 Å². The summed E-state index contributed by atoms with van der Waals surface area (Å²) in [7, 11) is 0. The first-order chi connectivity index (χ1) is 9.08. The van der Waals surface area contributed by atoms with Crippen LogP contribution in [0.2, 0.25) is 0 Å². The third-order valence-electron chi connectivity index (χ3n) is 2.62. The third-order valence-corrected chi connectivity index (χ3v) is 3.43. The Balaban J connectivity index is 2.31. The minimum Gasteiger partial charge on any atom is -0.245 e. The molecule has 7 heteroatoms. The minimum atomic E-state index is -1.67. The number of halogens is 4. The minimum absolute atomic E-state index is 0.00796. The van der Waals surface area contributed by atoms with Gasteiger partial charge < -0.3 is 0 Å². The summed E-state index contributed by atoms with van der Waals surface area (Å²) in [5.41, 5.74) is 1.29. The van der Waals surface area contributed by atoms with Gasteiger partial charge in [0.2, 0.25) is 0 Å². The number of hydrogen-bond donors (Lipinski definition) is 0. The molecule has 0 aliphatic rings. The van der Waals surface area contributed by atoms with Crippen LogP contribution in [0.3, 0.4) is 0 Å². The van der Waals surface area contributed by atoms with Crippen LogP contribution in [0, 0.1) is 23.5 Å². The lowest BCUT2D eigenvalue weighted by molar-refractivity contribution is 0.410. The van der Waals surface area contributed by atoms with E-state index in [0.29, 0.717) is 5.52 Å². The lowest BCUT2D eigenvalue weighted by atomic mass is 10.1. The van der Waals surface area contributed by atoms with E-state index in [9.17, 15) is 17.6 Å². The fourth-order valence-corrected chi connectivity index (χ4v) is 2.41. The molecule has 0 atom stereocenters. The summed E-state index contributed by atoms with van der Waals surface area (Å²) in [5.74, 6) is -6.39. The van der Waals surface area contributed by atoms with Crippen LogP contribution < -0.4 is 0 Å². The number of nitrogens with zero attached hydrogens (tertiary/aromatic N) is 2. The van der Waals surface area contributed by atoms with Crippen LogP contribution in [0.25, 0.3) is 21.3 Å². The Bertz CT molecular complexity index is 758. The van der Waals surface area contributed by atoms with E-state index in [-0.39, 0.29) is 5.56 Å². The molecule has 0 unspecified atom stereocenters. The molecule has 2 aromatic heterocycles. The molecule has 0 bridgehead atoms. The van der Waals surface area contributed by atoms with E-state index in [1.807, 2.05) is 0 Å². The number of fused-ring (bicyclic) bond motifs is 1. The summed E-state index contributed by atoms with van der Waals surface area (Å²) in [6, 6.07) is 4.32. The number of aromatic nitrogens is 2. The van der Waals surface area contributed by atoms with Gasteiger partial charge in [-0.2, -0.15) is 13.8 Å². The fourth-order valence-electron chi connectivity index (χ4n) is 1.75. The molecule has 0 aliphatic heterocycles. The van der Waals surface area contributed by atoms with Crippen molar-refractivity contribution in [3.63, 3.8) is 0 Å². The molecule has 1 aromatic carbocycles. The molecular weight excluding hydrogens is 280 g/mol. The second-order valence-corrected chi connectivity index (χ2v) is 4.62. The monoisotopic (exact) mass is 284 g/mol. The molecular formula is C12H4F4N2S. The van der Waals surface area contributed by atoms with Crippen LogP contribution >= 0.6 is 11.3 Å². The zero-order chi connectivity index (χ0) is 13.6. The lowest BCUT2D eigenvalue weighted by Crippen LogP contribution is -2.02. The Kier molecular flexibility index (Phi) is 2.70. The van der Waals surface area contributed by atoms with Crippen molar-refractivity contribution in [2.45, 2.75) is 0 Å². The fraction of sp³-hybridized carbons (Fsp3) is 0. The van der Waals surface area contributed by atoms with E-state index in [0.717, 1.165) is 4.70 Å². The van der Waals surface area contributed by atoms with Crippen molar-refractivity contribution in [1.29, 1.82) is 0 Å². The maximum atomic E-state index is 13.6. The summed E-state index contributed by atoms with van der Waals surface area (Å²) in [6.07, 6.45) is 0. The first-order valence-corrected chi connectivity index (χ1v) is 5.99. The van der Waals surface area contributed by atoms with Crippen molar-refractivity contribution in [3.05, 3.63) is 47.2 Å². The molecule has 96 valence electrons. The zero-order valence-corrected chi connectivity index (χ0v) is 9.94. The van der Waals surface area contributed by atoms with Gasteiger partial charge in [0.05, 0.1) is 21.3 Å². The van der Waals surface area contributed by atoms with Crippen molar-refractivity contribution >= 4 is 21.6 Å². The molecule has 19 heavy (non-hydrogen) atoms. The average molecular weight is 284 g/mol. The molecule has 2 nitrogen and oxygen atoms in total. The van der Waals surface area contributed by atoms with E-state index < -0.39 is 29.1 Å². The standard InChI is InChI=1S/C12H4F4N2S/c13-9-8(10(14)12(16)18-11(9)15)5-1-2-7-6(3-5)17-4-19-7/h1-4H. The van der Waals surface area contributed by atoms with Gasteiger partial charge in [0.15, 0.2) is 11.6 Å². The van der Waals surface area contributed by atoms with Crippen molar-refractivity contribution in [2.75, 3.05) is 0 Å². The van der Waals surface area contributed by atoms with Gasteiger partial charge in [0.25, 0.3) is 11.9 Å². The number of pyridine rings is 1. The molecule has 0 fully saturated rings.